The fourth-order valence-corrected chi connectivity index (χ4v) is 7.02. The van der Waals surface area contributed by atoms with E-state index in [1.54, 1.807) is 64.8 Å². The van der Waals surface area contributed by atoms with Gasteiger partial charge in [-0.3, -0.25) is 14.7 Å². The molecule has 0 radical (unpaired) electrons. The fourth-order valence-electron chi connectivity index (χ4n) is 7.02. The Labute approximate surface area is 284 Å². The standard InChI is InChI=1S/C38H38N2O9/c1-40-14-12-24-32-26(40)15-22-17-30(29(44-3)19-27(22)41)48-23-9-7-20(8-10-23)34(42)33-25-18-31(28(43-2)16-21(25)11-13-39-33)49-36(32)38(47-6)37(46-5)35(24)45-4/h7-10,16-19,26,41H,11-15H2,1-6H3. The van der Waals surface area contributed by atoms with Crippen molar-refractivity contribution in [2.45, 2.75) is 25.3 Å². The van der Waals surface area contributed by atoms with Gasteiger partial charge in [0, 0.05) is 47.5 Å². The zero-order valence-electron chi connectivity index (χ0n) is 28.3. The first-order valence-electron chi connectivity index (χ1n) is 16.0. The third-order valence-corrected chi connectivity index (χ3v) is 9.50. The largest absolute Gasteiger partial charge is 0.508 e. The van der Waals surface area contributed by atoms with E-state index in [2.05, 4.69) is 9.89 Å². The molecule has 11 heteroatoms. The molecular weight excluding hydrogens is 628 g/mol. The number of likely N-dealkylation sites (N-methyl/N-ethyl adjacent to an activating group) is 1. The number of fused-ring (bicyclic) bond motifs is 2. The smallest absolute Gasteiger partial charge is 0.211 e. The topological polar surface area (TPSA) is 118 Å². The molecule has 1 unspecified atom stereocenters. The van der Waals surface area contributed by atoms with Crippen LogP contribution in [0.5, 0.6) is 57.5 Å². The summed E-state index contributed by atoms with van der Waals surface area (Å²) in [7, 11) is 9.84. The zero-order chi connectivity index (χ0) is 34.4. The normalized spacial score (nSPS) is 16.7. The highest BCUT2D eigenvalue weighted by molar-refractivity contribution is 6.52. The molecular formula is C38H38N2O9. The van der Waals surface area contributed by atoms with E-state index in [4.69, 9.17) is 33.2 Å². The van der Waals surface area contributed by atoms with Gasteiger partial charge in [0.1, 0.15) is 17.2 Å². The van der Waals surface area contributed by atoms with Gasteiger partial charge < -0.3 is 38.3 Å². The molecule has 1 N–H and O–H groups in total. The monoisotopic (exact) mass is 666 g/mol. The van der Waals surface area contributed by atoms with E-state index in [9.17, 15) is 9.90 Å². The molecule has 254 valence electrons. The van der Waals surface area contributed by atoms with E-state index in [0.29, 0.717) is 106 Å². The molecule has 6 bridgehead atoms. The molecule has 4 aromatic rings. The highest BCUT2D eigenvalue weighted by atomic mass is 16.6. The summed E-state index contributed by atoms with van der Waals surface area (Å²) in [5.74, 6) is 3.66. The first-order chi connectivity index (χ1) is 23.8. The van der Waals surface area contributed by atoms with Crippen LogP contribution in [0.4, 0.5) is 0 Å². The molecule has 1 atom stereocenters. The van der Waals surface area contributed by atoms with Crippen LogP contribution in [0.15, 0.2) is 53.5 Å². The number of aromatic hydroxyl groups is 1. The minimum absolute atomic E-state index is 0.0538. The lowest BCUT2D eigenvalue weighted by Gasteiger charge is -2.37. The maximum atomic E-state index is 14.0. The van der Waals surface area contributed by atoms with Gasteiger partial charge in [-0.05, 0) is 79.9 Å². The molecule has 4 aromatic carbocycles. The number of Topliss-reactive ketones (excluding diaryl/α,β-unsaturated/α-hetero) is 1. The maximum Gasteiger partial charge on any atom is 0.211 e. The third-order valence-electron chi connectivity index (χ3n) is 9.50. The van der Waals surface area contributed by atoms with Crippen molar-refractivity contribution < 1.29 is 43.1 Å². The first-order valence-corrected chi connectivity index (χ1v) is 16.0. The van der Waals surface area contributed by atoms with Crippen LogP contribution in [0.1, 0.15) is 44.2 Å². The van der Waals surface area contributed by atoms with E-state index < -0.39 is 0 Å². The molecule has 4 aliphatic rings. The third kappa shape index (κ3) is 5.44. The minimum atomic E-state index is -0.319. The number of methoxy groups -OCH3 is 5. The second-order valence-electron chi connectivity index (χ2n) is 12.1. The zero-order valence-corrected chi connectivity index (χ0v) is 28.3. The quantitative estimate of drug-likeness (QED) is 0.259. The summed E-state index contributed by atoms with van der Waals surface area (Å²) in [6.45, 7) is 1.16. The SMILES string of the molecule is COc1cc(O)c2cc1Oc1ccc(cc1)C(=O)C1=NCCc3cc(OC)c(cc31)Oc1c(OC)c(OC)c(OC)c3c1C(C2)N(C)CC3. The molecule has 0 spiro atoms. The molecule has 11 nitrogen and oxygen atoms in total. The highest BCUT2D eigenvalue weighted by Gasteiger charge is 2.38. The van der Waals surface area contributed by atoms with Gasteiger partial charge in [-0.25, -0.2) is 0 Å². The molecule has 0 aromatic heterocycles. The van der Waals surface area contributed by atoms with Crippen LogP contribution in [-0.2, 0) is 19.3 Å². The Hall–Kier alpha value is -5.42. The van der Waals surface area contributed by atoms with Crippen LogP contribution in [0.3, 0.4) is 0 Å². The van der Waals surface area contributed by atoms with Crippen molar-refractivity contribution in [1.29, 1.82) is 0 Å². The number of hydrogen-bond acceptors (Lipinski definition) is 11. The van der Waals surface area contributed by atoms with E-state index in [-0.39, 0.29) is 17.6 Å². The van der Waals surface area contributed by atoms with E-state index in [1.807, 2.05) is 19.2 Å². The first kappa shape index (κ1) is 32.1. The summed E-state index contributed by atoms with van der Waals surface area (Å²) in [5, 5.41) is 11.3. The highest BCUT2D eigenvalue weighted by Crippen LogP contribution is 2.56. The number of hydrogen-bond donors (Lipinski definition) is 1. The predicted molar refractivity (Wildman–Crippen MR) is 183 cm³/mol. The lowest BCUT2D eigenvalue weighted by atomic mass is 9.86. The van der Waals surface area contributed by atoms with Gasteiger partial charge in [0.25, 0.3) is 0 Å². The lowest BCUT2D eigenvalue weighted by molar-refractivity contribution is 0.106. The van der Waals surface area contributed by atoms with Gasteiger partial charge in [-0.15, -0.1) is 0 Å². The summed E-state index contributed by atoms with van der Waals surface area (Å²) in [6.07, 6.45) is 1.64. The Morgan fingerprint density at radius 1 is 0.796 bits per heavy atom. The number of ketones is 1. The molecule has 0 saturated carbocycles. The number of nitrogens with zero attached hydrogens (tertiary/aromatic N) is 2. The predicted octanol–water partition coefficient (Wildman–Crippen LogP) is 6.33. The van der Waals surface area contributed by atoms with E-state index >= 15 is 0 Å². The number of phenolic OH excluding ortho intramolecular Hbond substituents is 1. The van der Waals surface area contributed by atoms with Crippen molar-refractivity contribution >= 4 is 11.5 Å². The van der Waals surface area contributed by atoms with Gasteiger partial charge in [0.15, 0.2) is 34.5 Å². The molecule has 0 fully saturated rings. The number of carbonyl (C=O) groups is 1. The summed E-state index contributed by atoms with van der Waals surface area (Å²) >= 11 is 0. The molecule has 49 heavy (non-hydrogen) atoms. The lowest BCUT2D eigenvalue weighted by Crippen LogP contribution is -2.34. The summed E-state index contributed by atoms with van der Waals surface area (Å²) in [5.41, 5.74) is 4.72. The maximum absolute atomic E-state index is 14.0. The fraction of sp³-hybridized carbons (Fsp3) is 0.316. The van der Waals surface area contributed by atoms with Crippen molar-refractivity contribution in [2.24, 2.45) is 4.99 Å². The molecule has 0 amide bonds. The Kier molecular flexibility index (Phi) is 8.45. The molecule has 0 saturated heterocycles. The van der Waals surface area contributed by atoms with E-state index in [0.717, 1.165) is 16.7 Å². The van der Waals surface area contributed by atoms with E-state index in [1.165, 1.54) is 7.11 Å². The van der Waals surface area contributed by atoms with Gasteiger partial charge in [0.05, 0.1) is 35.5 Å². The number of ether oxygens (including phenoxy) is 7. The van der Waals surface area contributed by atoms with Crippen molar-refractivity contribution in [3.05, 3.63) is 81.9 Å². The Morgan fingerprint density at radius 3 is 2.18 bits per heavy atom. The summed E-state index contributed by atoms with van der Waals surface area (Å²) < 4.78 is 42.5. The van der Waals surface area contributed by atoms with Crippen LogP contribution in [0.2, 0.25) is 0 Å². The average molecular weight is 667 g/mol. The molecule has 0 aliphatic carbocycles. The second-order valence-corrected chi connectivity index (χ2v) is 12.1. The van der Waals surface area contributed by atoms with Crippen molar-refractivity contribution in [2.75, 3.05) is 55.7 Å². The molecule has 4 heterocycles. The van der Waals surface area contributed by atoms with Crippen molar-refractivity contribution in [1.82, 2.24) is 4.90 Å². The molecule has 8 rings (SSSR count). The Bertz CT molecular complexity index is 1990. The van der Waals surface area contributed by atoms with Crippen LogP contribution in [0, 0.1) is 0 Å². The van der Waals surface area contributed by atoms with Crippen molar-refractivity contribution in [3.8, 4) is 57.5 Å². The summed E-state index contributed by atoms with van der Waals surface area (Å²) in [4.78, 5) is 20.9. The Balaban J connectivity index is 1.53. The number of carbonyl (C=O) groups excluding carboxylic acids is 1. The van der Waals surface area contributed by atoms with Crippen molar-refractivity contribution in [3.63, 3.8) is 0 Å². The summed E-state index contributed by atoms with van der Waals surface area (Å²) in [6, 6.07) is 13.6. The van der Waals surface area contributed by atoms with Crippen LogP contribution in [-0.4, -0.2) is 77.2 Å². The van der Waals surface area contributed by atoms with Crippen LogP contribution >= 0.6 is 0 Å². The van der Waals surface area contributed by atoms with Gasteiger partial charge in [-0.2, -0.15) is 0 Å². The molecule has 4 aliphatic heterocycles. The average Bonchev–Trinajstić information content (AvgIpc) is 3.12. The van der Waals surface area contributed by atoms with Crippen LogP contribution < -0.4 is 33.2 Å². The minimum Gasteiger partial charge on any atom is -0.508 e. The number of phenols is 1. The van der Waals surface area contributed by atoms with Gasteiger partial charge >= 0.3 is 0 Å². The van der Waals surface area contributed by atoms with Gasteiger partial charge in [0.2, 0.25) is 17.3 Å². The number of rotatable bonds is 5. The Morgan fingerprint density at radius 2 is 1.49 bits per heavy atom. The number of benzene rings is 4. The second kappa shape index (κ2) is 12.9. The van der Waals surface area contributed by atoms with Crippen LogP contribution in [0.25, 0.3) is 0 Å². The van der Waals surface area contributed by atoms with Gasteiger partial charge in [-0.1, -0.05) is 0 Å². The number of aliphatic imine (C=N–C) groups is 1.